The zero-order valence-electron chi connectivity index (χ0n) is 15.6. The predicted octanol–water partition coefficient (Wildman–Crippen LogP) is 3.32. The largest absolute Gasteiger partial charge is 0.496 e. The van der Waals surface area contributed by atoms with Crippen LogP contribution in [0, 0.1) is 12.7 Å². The van der Waals surface area contributed by atoms with Gasteiger partial charge in [0.05, 0.1) is 13.5 Å². The van der Waals surface area contributed by atoms with Gasteiger partial charge < -0.3 is 14.6 Å². The van der Waals surface area contributed by atoms with Gasteiger partial charge in [-0.15, -0.1) is 0 Å². The highest BCUT2D eigenvalue weighted by atomic mass is 19.1. The second kappa shape index (κ2) is 8.03. The molecule has 27 heavy (non-hydrogen) atoms. The summed E-state index contributed by atoms with van der Waals surface area (Å²) >= 11 is 0. The molecule has 0 aliphatic heterocycles. The lowest BCUT2D eigenvalue weighted by molar-refractivity contribution is -0.121. The molecular weight excluding hydrogens is 345 g/mol. The molecule has 2 aromatic carbocycles. The molecule has 0 unspecified atom stereocenters. The normalized spacial score (nSPS) is 11.9. The van der Waals surface area contributed by atoms with E-state index in [0.29, 0.717) is 11.4 Å². The maximum Gasteiger partial charge on any atom is 0.225 e. The van der Waals surface area contributed by atoms with Crippen LogP contribution in [0.25, 0.3) is 0 Å². The summed E-state index contributed by atoms with van der Waals surface area (Å²) < 4.78 is 21.5. The summed E-state index contributed by atoms with van der Waals surface area (Å²) in [7, 11) is 3.41. The van der Waals surface area contributed by atoms with Crippen LogP contribution in [-0.2, 0) is 18.3 Å². The van der Waals surface area contributed by atoms with Gasteiger partial charge in [0.25, 0.3) is 0 Å². The van der Waals surface area contributed by atoms with Gasteiger partial charge in [-0.2, -0.15) is 0 Å². The van der Waals surface area contributed by atoms with Crippen LogP contribution < -0.4 is 10.1 Å². The Morgan fingerprint density at radius 1 is 1.30 bits per heavy atom. The summed E-state index contributed by atoms with van der Waals surface area (Å²) in [5, 5.41) is 2.91. The molecule has 1 heterocycles. The summed E-state index contributed by atoms with van der Waals surface area (Å²) in [5.74, 6) is 0.685. The van der Waals surface area contributed by atoms with E-state index in [-0.39, 0.29) is 18.1 Å². The van der Waals surface area contributed by atoms with Crippen LogP contribution >= 0.6 is 0 Å². The van der Waals surface area contributed by atoms with Crippen LogP contribution in [0.3, 0.4) is 0 Å². The van der Waals surface area contributed by atoms with E-state index in [0.717, 1.165) is 16.9 Å². The Morgan fingerprint density at radius 2 is 2.07 bits per heavy atom. The summed E-state index contributed by atoms with van der Waals surface area (Å²) in [6.07, 6.45) is 3.55. The SMILES string of the molecule is COc1cc(CC(=O)N[C@H](c2ccccc2F)c2nccn2C)ccc1C. The third-order valence-corrected chi connectivity index (χ3v) is 4.48. The third kappa shape index (κ3) is 4.16. The Bertz CT molecular complexity index is 952. The fraction of sp³-hybridized carbons (Fsp3) is 0.238. The standard InChI is InChI=1S/C21H22FN3O2/c1-14-8-9-15(12-18(14)27-3)13-19(26)24-20(21-23-10-11-25(21)2)16-6-4-5-7-17(16)22/h4-12,20H,13H2,1-3H3,(H,24,26)/t20-/m1/s1. The number of hydrogen-bond donors (Lipinski definition) is 1. The first kappa shape index (κ1) is 18.6. The molecule has 0 saturated carbocycles. The maximum absolute atomic E-state index is 14.4. The van der Waals surface area contributed by atoms with Crippen LogP contribution in [0.2, 0.25) is 0 Å². The number of aryl methyl sites for hydroxylation is 2. The summed E-state index contributed by atoms with van der Waals surface area (Å²) in [4.78, 5) is 17.0. The highest BCUT2D eigenvalue weighted by Gasteiger charge is 2.23. The Kier molecular flexibility index (Phi) is 5.54. The van der Waals surface area contributed by atoms with E-state index in [1.54, 1.807) is 42.3 Å². The van der Waals surface area contributed by atoms with Crippen molar-refractivity contribution in [1.82, 2.24) is 14.9 Å². The number of methoxy groups -OCH3 is 1. The van der Waals surface area contributed by atoms with E-state index < -0.39 is 6.04 Å². The van der Waals surface area contributed by atoms with Gasteiger partial charge in [0.2, 0.25) is 5.91 Å². The fourth-order valence-electron chi connectivity index (χ4n) is 3.02. The molecule has 1 N–H and O–H groups in total. The van der Waals surface area contributed by atoms with Crippen molar-refractivity contribution in [2.24, 2.45) is 7.05 Å². The summed E-state index contributed by atoms with van der Waals surface area (Å²) in [6.45, 7) is 1.94. The van der Waals surface area contributed by atoms with E-state index in [1.165, 1.54) is 6.07 Å². The van der Waals surface area contributed by atoms with E-state index in [9.17, 15) is 9.18 Å². The number of ether oxygens (including phenoxy) is 1. The number of benzene rings is 2. The average molecular weight is 367 g/mol. The molecule has 0 radical (unpaired) electrons. The number of nitrogens with one attached hydrogen (secondary N) is 1. The number of carbonyl (C=O) groups excluding carboxylic acids is 1. The van der Waals surface area contributed by atoms with Gasteiger partial charge in [-0.25, -0.2) is 9.37 Å². The fourth-order valence-corrected chi connectivity index (χ4v) is 3.02. The molecule has 1 amide bonds. The van der Waals surface area contributed by atoms with Crippen molar-refractivity contribution in [2.45, 2.75) is 19.4 Å². The van der Waals surface area contributed by atoms with Gasteiger partial charge in [-0.3, -0.25) is 4.79 Å². The second-order valence-electron chi connectivity index (χ2n) is 6.40. The summed E-state index contributed by atoms with van der Waals surface area (Å²) in [5.41, 5.74) is 2.20. The minimum absolute atomic E-state index is 0.159. The van der Waals surface area contributed by atoms with Crippen LogP contribution in [0.4, 0.5) is 4.39 Å². The molecule has 1 atom stereocenters. The zero-order chi connectivity index (χ0) is 19.4. The van der Waals surface area contributed by atoms with Crippen LogP contribution in [0.5, 0.6) is 5.75 Å². The van der Waals surface area contributed by atoms with E-state index >= 15 is 0 Å². The van der Waals surface area contributed by atoms with Gasteiger partial charge >= 0.3 is 0 Å². The quantitative estimate of drug-likeness (QED) is 0.727. The average Bonchev–Trinajstić information content (AvgIpc) is 3.08. The van der Waals surface area contributed by atoms with Crippen LogP contribution in [0.15, 0.2) is 54.9 Å². The molecule has 0 aliphatic carbocycles. The Balaban J connectivity index is 1.85. The van der Waals surface area contributed by atoms with Crippen molar-refractivity contribution < 1.29 is 13.9 Å². The van der Waals surface area contributed by atoms with E-state index in [4.69, 9.17) is 4.74 Å². The monoisotopic (exact) mass is 367 g/mol. The lowest BCUT2D eigenvalue weighted by atomic mass is 10.0. The number of imidazole rings is 1. The molecule has 140 valence electrons. The lowest BCUT2D eigenvalue weighted by Crippen LogP contribution is -2.32. The molecule has 0 spiro atoms. The highest BCUT2D eigenvalue weighted by molar-refractivity contribution is 5.79. The number of aromatic nitrogens is 2. The minimum Gasteiger partial charge on any atom is -0.496 e. The smallest absolute Gasteiger partial charge is 0.225 e. The van der Waals surface area contributed by atoms with Crippen molar-refractivity contribution in [3.63, 3.8) is 0 Å². The topological polar surface area (TPSA) is 56.1 Å². The van der Waals surface area contributed by atoms with Gasteiger partial charge in [0.15, 0.2) is 0 Å². The van der Waals surface area contributed by atoms with Crippen molar-refractivity contribution in [1.29, 1.82) is 0 Å². The molecule has 3 rings (SSSR count). The van der Waals surface area contributed by atoms with Crippen molar-refractivity contribution in [3.8, 4) is 5.75 Å². The van der Waals surface area contributed by atoms with Crippen LogP contribution in [0.1, 0.15) is 28.6 Å². The molecule has 0 aliphatic rings. The molecule has 0 fully saturated rings. The molecule has 5 nitrogen and oxygen atoms in total. The zero-order valence-corrected chi connectivity index (χ0v) is 15.6. The lowest BCUT2D eigenvalue weighted by Gasteiger charge is -2.20. The van der Waals surface area contributed by atoms with Gasteiger partial charge in [0.1, 0.15) is 23.4 Å². The first-order valence-electron chi connectivity index (χ1n) is 8.64. The van der Waals surface area contributed by atoms with Gasteiger partial charge in [-0.1, -0.05) is 30.3 Å². The number of hydrogen-bond acceptors (Lipinski definition) is 3. The van der Waals surface area contributed by atoms with Crippen molar-refractivity contribution in [2.75, 3.05) is 7.11 Å². The first-order valence-corrected chi connectivity index (χ1v) is 8.64. The molecule has 0 saturated heterocycles. The number of halogens is 1. The van der Waals surface area contributed by atoms with E-state index in [1.807, 2.05) is 32.2 Å². The molecule has 6 heteroatoms. The van der Waals surface area contributed by atoms with E-state index in [2.05, 4.69) is 10.3 Å². The van der Waals surface area contributed by atoms with Crippen molar-refractivity contribution >= 4 is 5.91 Å². The number of rotatable bonds is 6. The first-order chi connectivity index (χ1) is 13.0. The minimum atomic E-state index is -0.675. The Morgan fingerprint density at radius 3 is 2.74 bits per heavy atom. The Hall–Kier alpha value is -3.15. The van der Waals surface area contributed by atoms with Crippen molar-refractivity contribution in [3.05, 3.63) is 83.2 Å². The molecule has 1 aromatic heterocycles. The molecular formula is C21H22FN3O2. The van der Waals surface area contributed by atoms with Crippen LogP contribution in [-0.4, -0.2) is 22.6 Å². The number of carbonyl (C=O) groups is 1. The molecule has 3 aromatic rings. The second-order valence-corrected chi connectivity index (χ2v) is 6.40. The number of amides is 1. The van der Waals surface area contributed by atoms with Gasteiger partial charge in [0, 0.05) is 25.0 Å². The molecule has 0 bridgehead atoms. The summed E-state index contributed by atoms with van der Waals surface area (Å²) in [6, 6.07) is 11.4. The maximum atomic E-state index is 14.4. The predicted molar refractivity (Wildman–Crippen MR) is 101 cm³/mol. The third-order valence-electron chi connectivity index (χ3n) is 4.48. The van der Waals surface area contributed by atoms with Gasteiger partial charge in [-0.05, 0) is 30.2 Å². The Labute approximate surface area is 157 Å². The highest BCUT2D eigenvalue weighted by Crippen LogP contribution is 2.24. The number of nitrogens with zero attached hydrogens (tertiary/aromatic N) is 2.